The first-order valence-electron chi connectivity index (χ1n) is 12.0. The van der Waals surface area contributed by atoms with E-state index < -0.39 is 11.5 Å². The van der Waals surface area contributed by atoms with E-state index in [1.807, 2.05) is 19.9 Å². The third-order valence-electron chi connectivity index (χ3n) is 7.78. The first-order chi connectivity index (χ1) is 16.4. The lowest BCUT2D eigenvalue weighted by Gasteiger charge is -2.46. The minimum atomic E-state index is -2.52. The molecule has 2 aromatic heterocycles. The van der Waals surface area contributed by atoms with Crippen molar-refractivity contribution in [3.63, 3.8) is 0 Å². The smallest absolute Gasteiger partial charge is 0.248 e. The summed E-state index contributed by atoms with van der Waals surface area (Å²) >= 11 is 8.01. The average Bonchev–Trinajstić information content (AvgIpc) is 3.04. The lowest BCUT2D eigenvalue weighted by Crippen LogP contribution is -2.56. The normalized spacial score (nSPS) is 22.0. The Balaban J connectivity index is 1.24. The number of anilines is 3. The van der Waals surface area contributed by atoms with Gasteiger partial charge in [-0.05, 0) is 44.6 Å². The Hall–Kier alpha value is -1.91. The predicted molar refractivity (Wildman–Crippen MR) is 134 cm³/mol. The Bertz CT molecular complexity index is 1100. The van der Waals surface area contributed by atoms with Crippen LogP contribution < -0.4 is 15.5 Å². The van der Waals surface area contributed by atoms with Crippen molar-refractivity contribution in [2.75, 3.05) is 41.7 Å². The van der Waals surface area contributed by atoms with E-state index in [0.29, 0.717) is 60.1 Å². The summed E-state index contributed by atoms with van der Waals surface area (Å²) in [5.74, 6) is -0.695. The first-order valence-corrected chi connectivity index (χ1v) is 13.2. The highest BCUT2D eigenvalue weighted by atomic mass is 35.5. The largest absolute Gasteiger partial charge is 0.390 e. The molecule has 2 aromatic rings. The molecule has 2 saturated heterocycles. The van der Waals surface area contributed by atoms with Crippen molar-refractivity contribution in [2.45, 2.75) is 67.4 Å². The Morgan fingerprint density at radius 3 is 2.46 bits per heavy atom. The summed E-state index contributed by atoms with van der Waals surface area (Å²) < 4.78 is 27.5. The number of halogens is 3. The van der Waals surface area contributed by atoms with Crippen LogP contribution in [0.3, 0.4) is 0 Å². The molecule has 2 aliphatic heterocycles. The van der Waals surface area contributed by atoms with Crippen LogP contribution in [0.2, 0.25) is 5.02 Å². The summed E-state index contributed by atoms with van der Waals surface area (Å²) in [6, 6.07) is 1.82. The van der Waals surface area contributed by atoms with Crippen molar-refractivity contribution in [3.8, 4) is 0 Å². The third kappa shape index (κ3) is 5.02. The molecule has 0 unspecified atom stereocenters. The summed E-state index contributed by atoms with van der Waals surface area (Å²) in [6.07, 6.45) is 5.47. The highest BCUT2D eigenvalue weighted by Gasteiger charge is 2.50. The molecule has 0 radical (unpaired) electrons. The fraction of sp³-hybridized carbons (Fsp3) is 0.625. The molecule has 0 aromatic carbocycles. The summed E-state index contributed by atoms with van der Waals surface area (Å²) in [6.45, 7) is 6.37. The Morgan fingerprint density at radius 1 is 1.14 bits per heavy atom. The summed E-state index contributed by atoms with van der Waals surface area (Å²) in [5, 5.41) is 11.3. The predicted octanol–water partition coefficient (Wildman–Crippen LogP) is 4.87. The number of pyridine rings is 1. The molecule has 0 bridgehead atoms. The van der Waals surface area contributed by atoms with Gasteiger partial charge < -0.3 is 20.6 Å². The fourth-order valence-electron chi connectivity index (χ4n) is 5.34. The van der Waals surface area contributed by atoms with Crippen molar-refractivity contribution in [1.82, 2.24) is 15.0 Å². The lowest BCUT2D eigenvalue weighted by atomic mass is 9.77. The Labute approximate surface area is 213 Å². The van der Waals surface area contributed by atoms with Crippen molar-refractivity contribution in [2.24, 2.45) is 11.3 Å². The number of nitrogen functional groups attached to an aromatic ring is 1. The SMILES string of the molecule is CC(C)(O)C1CN(c2nccc(Sc3ncc(N4CCC5(CC4)CCC(F)(F)C5)nc3N)c2Cl)C1. The third-order valence-corrected chi connectivity index (χ3v) is 9.33. The van der Waals surface area contributed by atoms with E-state index in [-0.39, 0.29) is 24.2 Å². The Kier molecular flexibility index (Phi) is 6.29. The van der Waals surface area contributed by atoms with Crippen LogP contribution in [0.4, 0.5) is 26.2 Å². The maximum atomic E-state index is 13.8. The minimum absolute atomic E-state index is 0.00175. The molecule has 3 aliphatic rings. The van der Waals surface area contributed by atoms with Gasteiger partial charge in [0.2, 0.25) is 5.92 Å². The molecule has 4 heterocycles. The second kappa shape index (κ2) is 8.88. The second-order valence-electron chi connectivity index (χ2n) is 10.7. The summed E-state index contributed by atoms with van der Waals surface area (Å²) in [5.41, 5.74) is 5.28. The van der Waals surface area contributed by atoms with Gasteiger partial charge in [0.05, 0.1) is 16.8 Å². The molecule has 1 spiro atoms. The number of nitrogens with two attached hydrogens (primary N) is 1. The average molecular weight is 525 g/mol. The fourth-order valence-corrected chi connectivity index (χ4v) is 6.46. The number of hydrogen-bond donors (Lipinski definition) is 2. The maximum Gasteiger partial charge on any atom is 0.248 e. The van der Waals surface area contributed by atoms with Crippen molar-refractivity contribution in [1.29, 1.82) is 0 Å². The quantitative estimate of drug-likeness (QED) is 0.572. The van der Waals surface area contributed by atoms with Crippen molar-refractivity contribution in [3.05, 3.63) is 23.5 Å². The van der Waals surface area contributed by atoms with Crippen LogP contribution in [-0.4, -0.2) is 57.8 Å². The van der Waals surface area contributed by atoms with Crippen LogP contribution in [0.25, 0.3) is 0 Å². The number of alkyl halides is 2. The zero-order valence-electron chi connectivity index (χ0n) is 20.0. The van der Waals surface area contributed by atoms with Gasteiger partial charge >= 0.3 is 0 Å². The van der Waals surface area contributed by atoms with E-state index in [0.717, 1.165) is 17.7 Å². The Morgan fingerprint density at radius 2 is 1.86 bits per heavy atom. The second-order valence-corrected chi connectivity index (χ2v) is 12.2. The van der Waals surface area contributed by atoms with Gasteiger partial charge in [-0.1, -0.05) is 23.4 Å². The molecular weight excluding hydrogens is 494 g/mol. The molecule has 0 amide bonds. The van der Waals surface area contributed by atoms with Gasteiger partial charge in [-0.3, -0.25) is 0 Å². The molecule has 3 fully saturated rings. The number of piperidine rings is 1. The van der Waals surface area contributed by atoms with Crippen LogP contribution in [0.1, 0.15) is 46.0 Å². The van der Waals surface area contributed by atoms with Crippen LogP contribution in [0.5, 0.6) is 0 Å². The van der Waals surface area contributed by atoms with Crippen LogP contribution >= 0.6 is 23.4 Å². The minimum Gasteiger partial charge on any atom is -0.390 e. The van der Waals surface area contributed by atoms with Gasteiger partial charge in [0.1, 0.15) is 16.7 Å². The number of aromatic nitrogens is 3. The van der Waals surface area contributed by atoms with Crippen LogP contribution in [0.15, 0.2) is 28.4 Å². The molecule has 7 nitrogen and oxygen atoms in total. The lowest BCUT2D eigenvalue weighted by molar-refractivity contribution is -0.00685. The highest BCUT2D eigenvalue weighted by molar-refractivity contribution is 7.99. The van der Waals surface area contributed by atoms with E-state index in [9.17, 15) is 13.9 Å². The monoisotopic (exact) mass is 524 g/mol. The van der Waals surface area contributed by atoms with Gasteiger partial charge in [0.25, 0.3) is 0 Å². The molecule has 1 aliphatic carbocycles. The zero-order chi connectivity index (χ0) is 25.0. The summed E-state index contributed by atoms with van der Waals surface area (Å²) in [4.78, 5) is 18.5. The molecule has 0 atom stereocenters. The van der Waals surface area contributed by atoms with E-state index in [1.165, 1.54) is 11.8 Å². The number of nitrogens with zero attached hydrogens (tertiary/aromatic N) is 5. The molecule has 3 N–H and O–H groups in total. The van der Waals surface area contributed by atoms with E-state index in [1.54, 1.807) is 12.4 Å². The van der Waals surface area contributed by atoms with Crippen LogP contribution in [0, 0.1) is 11.3 Å². The molecule has 35 heavy (non-hydrogen) atoms. The molecule has 190 valence electrons. The standard InChI is InChI=1S/C24H31ClF2N6OS/c1-22(2,34)15-12-33(13-15)20-18(25)16(3-8-29-20)35-21-19(28)31-17(11-30-21)32-9-6-23(7-10-32)4-5-24(26,27)14-23/h3,8,11,15,34H,4-7,9-10,12-14H2,1-2H3,(H2,28,31). The number of hydrogen-bond acceptors (Lipinski definition) is 8. The topological polar surface area (TPSA) is 91.4 Å². The van der Waals surface area contributed by atoms with Gasteiger partial charge in [0.15, 0.2) is 5.82 Å². The van der Waals surface area contributed by atoms with E-state index in [2.05, 4.69) is 24.8 Å². The first kappa shape index (κ1) is 24.8. The zero-order valence-corrected chi connectivity index (χ0v) is 21.5. The van der Waals surface area contributed by atoms with Gasteiger partial charge in [0, 0.05) is 56.0 Å². The van der Waals surface area contributed by atoms with E-state index >= 15 is 0 Å². The molecule has 5 rings (SSSR count). The van der Waals surface area contributed by atoms with Crippen molar-refractivity contribution < 1.29 is 13.9 Å². The molecular formula is C24H31ClF2N6OS. The summed E-state index contributed by atoms with van der Waals surface area (Å²) in [7, 11) is 0. The van der Waals surface area contributed by atoms with Crippen LogP contribution in [-0.2, 0) is 0 Å². The number of aliphatic hydroxyl groups is 1. The van der Waals surface area contributed by atoms with Crippen molar-refractivity contribution >= 4 is 40.8 Å². The molecule has 1 saturated carbocycles. The van der Waals surface area contributed by atoms with Gasteiger partial charge in [-0.25, -0.2) is 23.7 Å². The van der Waals surface area contributed by atoms with E-state index in [4.69, 9.17) is 17.3 Å². The van der Waals surface area contributed by atoms with Gasteiger partial charge in [-0.15, -0.1) is 0 Å². The number of rotatable bonds is 5. The highest BCUT2D eigenvalue weighted by Crippen LogP contribution is 2.53. The molecule has 11 heteroatoms. The maximum absolute atomic E-state index is 13.8. The van der Waals surface area contributed by atoms with Gasteiger partial charge in [-0.2, -0.15) is 0 Å².